The smallest absolute Gasteiger partial charge is 0.274 e. The van der Waals surface area contributed by atoms with Crippen LogP contribution in [0.15, 0.2) is 60.8 Å². The van der Waals surface area contributed by atoms with Crippen molar-refractivity contribution >= 4 is 23.0 Å². The van der Waals surface area contributed by atoms with Crippen LogP contribution in [-0.2, 0) is 0 Å². The second kappa shape index (κ2) is 7.70. The third-order valence-electron chi connectivity index (χ3n) is 4.01. The van der Waals surface area contributed by atoms with E-state index in [2.05, 4.69) is 41.6 Å². The zero-order valence-corrected chi connectivity index (χ0v) is 15.0. The number of aromatic nitrogens is 1. The van der Waals surface area contributed by atoms with Gasteiger partial charge >= 0.3 is 0 Å². The molecule has 1 amide bonds. The quantitative estimate of drug-likeness (QED) is 0.702. The van der Waals surface area contributed by atoms with Crippen LogP contribution < -0.4 is 15.4 Å². The maximum atomic E-state index is 12.4. The number of pyridine rings is 1. The molecule has 0 spiro atoms. The molecule has 2 aromatic carbocycles. The lowest BCUT2D eigenvalue weighted by Gasteiger charge is -2.11. The number of nitrogens with one attached hydrogen (secondary N) is 2. The van der Waals surface area contributed by atoms with E-state index in [0.717, 1.165) is 16.9 Å². The normalized spacial score (nSPS) is 10.3. The number of rotatable bonds is 5. The number of ether oxygens (including phenoxy) is 1. The van der Waals surface area contributed by atoms with E-state index >= 15 is 0 Å². The minimum atomic E-state index is -0.285. The van der Waals surface area contributed by atoms with Gasteiger partial charge in [-0.15, -0.1) is 0 Å². The highest BCUT2D eigenvalue weighted by Gasteiger charge is 2.10. The number of methoxy groups -OCH3 is 1. The molecule has 0 aliphatic rings. The number of carbonyl (C=O) groups excluding carboxylic acids is 1. The first kappa shape index (κ1) is 17.5. The average molecular weight is 347 g/mol. The van der Waals surface area contributed by atoms with E-state index in [9.17, 15) is 4.79 Å². The van der Waals surface area contributed by atoms with Crippen molar-refractivity contribution < 1.29 is 9.53 Å². The topological polar surface area (TPSA) is 63.2 Å². The second-order valence-corrected chi connectivity index (χ2v) is 6.03. The van der Waals surface area contributed by atoms with Crippen molar-refractivity contribution in [3.63, 3.8) is 0 Å². The number of para-hydroxylation sites is 2. The third kappa shape index (κ3) is 4.00. The number of carbonyl (C=O) groups is 1. The number of anilines is 3. The fourth-order valence-corrected chi connectivity index (χ4v) is 2.65. The predicted octanol–water partition coefficient (Wildman–Crippen LogP) is 4.70. The van der Waals surface area contributed by atoms with E-state index in [0.29, 0.717) is 17.1 Å². The Kier molecular flexibility index (Phi) is 5.17. The molecule has 5 heteroatoms. The van der Waals surface area contributed by atoms with Crippen LogP contribution in [0.3, 0.4) is 0 Å². The molecule has 0 radical (unpaired) electrons. The molecule has 5 nitrogen and oxygen atoms in total. The molecule has 2 N–H and O–H groups in total. The number of aryl methyl sites for hydroxylation is 2. The van der Waals surface area contributed by atoms with E-state index in [-0.39, 0.29) is 5.91 Å². The van der Waals surface area contributed by atoms with Crippen LogP contribution in [0.4, 0.5) is 17.1 Å². The molecule has 132 valence electrons. The highest BCUT2D eigenvalue weighted by Crippen LogP contribution is 2.24. The zero-order valence-electron chi connectivity index (χ0n) is 15.0. The standard InChI is InChI=1S/C21H21N3O2/c1-14-8-10-17(15(2)12-14)23-16-9-11-19(22-13-16)21(25)24-18-6-4-5-7-20(18)26-3/h4-13,23H,1-3H3,(H,24,25). The van der Waals surface area contributed by atoms with Gasteiger partial charge in [0.15, 0.2) is 0 Å². The molecule has 0 saturated heterocycles. The Balaban J connectivity index is 1.71. The van der Waals surface area contributed by atoms with Crippen molar-refractivity contribution in [1.29, 1.82) is 0 Å². The zero-order chi connectivity index (χ0) is 18.5. The van der Waals surface area contributed by atoms with E-state index < -0.39 is 0 Å². The van der Waals surface area contributed by atoms with Crippen molar-refractivity contribution in [3.05, 3.63) is 77.6 Å². The van der Waals surface area contributed by atoms with E-state index in [4.69, 9.17) is 4.74 Å². The highest BCUT2D eigenvalue weighted by atomic mass is 16.5. The Morgan fingerprint density at radius 3 is 2.50 bits per heavy atom. The maximum Gasteiger partial charge on any atom is 0.274 e. The molecular weight excluding hydrogens is 326 g/mol. The summed E-state index contributed by atoms with van der Waals surface area (Å²) in [5.74, 6) is 0.321. The fraction of sp³-hybridized carbons (Fsp3) is 0.143. The minimum Gasteiger partial charge on any atom is -0.495 e. The van der Waals surface area contributed by atoms with Crippen molar-refractivity contribution in [2.75, 3.05) is 17.7 Å². The van der Waals surface area contributed by atoms with Crippen LogP contribution >= 0.6 is 0 Å². The van der Waals surface area contributed by atoms with Gasteiger partial charge in [-0.05, 0) is 49.7 Å². The van der Waals surface area contributed by atoms with Gasteiger partial charge in [0.1, 0.15) is 11.4 Å². The van der Waals surface area contributed by atoms with E-state index in [1.165, 1.54) is 5.56 Å². The summed E-state index contributed by atoms with van der Waals surface area (Å²) in [5.41, 5.74) is 5.16. The molecule has 3 rings (SSSR count). The SMILES string of the molecule is COc1ccccc1NC(=O)c1ccc(Nc2ccc(C)cc2C)cn1. The number of amides is 1. The molecular formula is C21H21N3O2. The van der Waals surface area contributed by atoms with Gasteiger partial charge in [0.05, 0.1) is 24.7 Å². The molecule has 0 unspecified atom stereocenters. The van der Waals surface area contributed by atoms with Crippen molar-refractivity contribution in [2.45, 2.75) is 13.8 Å². The van der Waals surface area contributed by atoms with Gasteiger partial charge in [0, 0.05) is 5.69 Å². The lowest BCUT2D eigenvalue weighted by atomic mass is 10.1. The fourth-order valence-electron chi connectivity index (χ4n) is 2.65. The lowest BCUT2D eigenvalue weighted by Crippen LogP contribution is -2.14. The Morgan fingerprint density at radius 2 is 1.81 bits per heavy atom. The first-order chi connectivity index (χ1) is 12.6. The van der Waals surface area contributed by atoms with Crippen LogP contribution in [0, 0.1) is 13.8 Å². The van der Waals surface area contributed by atoms with Gasteiger partial charge in [-0.3, -0.25) is 4.79 Å². The molecule has 0 aliphatic carbocycles. The summed E-state index contributed by atoms with van der Waals surface area (Å²) in [4.78, 5) is 16.7. The van der Waals surface area contributed by atoms with Crippen LogP contribution in [0.2, 0.25) is 0 Å². The Bertz CT molecular complexity index is 921. The third-order valence-corrected chi connectivity index (χ3v) is 4.01. The van der Waals surface area contributed by atoms with E-state index in [1.807, 2.05) is 24.3 Å². The van der Waals surface area contributed by atoms with Gasteiger partial charge in [-0.2, -0.15) is 0 Å². The lowest BCUT2D eigenvalue weighted by molar-refractivity contribution is 0.102. The Morgan fingerprint density at radius 1 is 1.00 bits per heavy atom. The van der Waals surface area contributed by atoms with Crippen LogP contribution in [-0.4, -0.2) is 18.0 Å². The number of benzene rings is 2. The van der Waals surface area contributed by atoms with Crippen molar-refractivity contribution in [1.82, 2.24) is 4.98 Å². The maximum absolute atomic E-state index is 12.4. The highest BCUT2D eigenvalue weighted by molar-refractivity contribution is 6.03. The number of hydrogen-bond donors (Lipinski definition) is 2. The van der Waals surface area contributed by atoms with Gasteiger partial charge < -0.3 is 15.4 Å². The van der Waals surface area contributed by atoms with Crippen molar-refractivity contribution in [2.24, 2.45) is 0 Å². The Labute approximate surface area is 153 Å². The largest absolute Gasteiger partial charge is 0.495 e. The molecule has 0 bridgehead atoms. The van der Waals surface area contributed by atoms with Gasteiger partial charge in [0.25, 0.3) is 5.91 Å². The molecule has 1 aromatic heterocycles. The van der Waals surface area contributed by atoms with Gasteiger partial charge in [-0.25, -0.2) is 4.98 Å². The molecule has 0 saturated carbocycles. The first-order valence-electron chi connectivity index (χ1n) is 8.31. The van der Waals surface area contributed by atoms with Crippen LogP contribution in [0.1, 0.15) is 21.6 Å². The average Bonchev–Trinajstić information content (AvgIpc) is 2.65. The molecule has 26 heavy (non-hydrogen) atoms. The van der Waals surface area contributed by atoms with E-state index in [1.54, 1.807) is 31.5 Å². The second-order valence-electron chi connectivity index (χ2n) is 6.03. The van der Waals surface area contributed by atoms with Crippen molar-refractivity contribution in [3.8, 4) is 5.75 Å². The van der Waals surface area contributed by atoms with Crippen LogP contribution in [0.25, 0.3) is 0 Å². The van der Waals surface area contributed by atoms with Crippen LogP contribution in [0.5, 0.6) is 5.75 Å². The molecule has 0 atom stereocenters. The summed E-state index contributed by atoms with van der Waals surface area (Å²) in [7, 11) is 1.57. The summed E-state index contributed by atoms with van der Waals surface area (Å²) in [6, 6.07) is 17.0. The minimum absolute atomic E-state index is 0.285. The summed E-state index contributed by atoms with van der Waals surface area (Å²) in [6.45, 7) is 4.12. The predicted molar refractivity (Wildman–Crippen MR) is 104 cm³/mol. The van der Waals surface area contributed by atoms with Gasteiger partial charge in [0.2, 0.25) is 0 Å². The molecule has 0 fully saturated rings. The summed E-state index contributed by atoms with van der Waals surface area (Å²) < 4.78 is 5.24. The monoisotopic (exact) mass is 347 g/mol. The molecule has 1 heterocycles. The number of hydrogen-bond acceptors (Lipinski definition) is 4. The van der Waals surface area contributed by atoms with Gasteiger partial charge in [-0.1, -0.05) is 29.8 Å². The summed E-state index contributed by atoms with van der Waals surface area (Å²) >= 11 is 0. The first-order valence-corrected chi connectivity index (χ1v) is 8.31. The molecule has 3 aromatic rings. The summed E-state index contributed by atoms with van der Waals surface area (Å²) in [5, 5.41) is 6.13. The molecule has 0 aliphatic heterocycles. The Hall–Kier alpha value is -3.34. The number of nitrogens with zero attached hydrogens (tertiary/aromatic N) is 1. The summed E-state index contributed by atoms with van der Waals surface area (Å²) in [6.07, 6.45) is 1.65.